The summed E-state index contributed by atoms with van der Waals surface area (Å²) in [6.45, 7) is 0.448. The maximum absolute atomic E-state index is 5.99. The summed E-state index contributed by atoms with van der Waals surface area (Å²) in [5, 5.41) is 1.74. The molecule has 0 aliphatic rings. The second kappa shape index (κ2) is 3.01. The summed E-state index contributed by atoms with van der Waals surface area (Å²) in [6.07, 6.45) is 0. The van der Waals surface area contributed by atoms with Crippen molar-refractivity contribution in [3.8, 4) is 0 Å². The molecular weight excluding hydrogens is 192 g/mol. The summed E-state index contributed by atoms with van der Waals surface area (Å²) in [4.78, 5) is 0. The van der Waals surface area contributed by atoms with Crippen LogP contribution in [0.1, 0.15) is 5.69 Å². The van der Waals surface area contributed by atoms with Crippen molar-refractivity contribution in [2.45, 2.75) is 6.54 Å². The Kier molecular flexibility index (Phi) is 2.00. The number of benzene rings is 1. The number of hydrogen-bond donors (Lipinski definition) is 1. The van der Waals surface area contributed by atoms with Crippen molar-refractivity contribution < 1.29 is 0 Å². The van der Waals surface area contributed by atoms with Gasteiger partial charge in [-0.1, -0.05) is 17.7 Å². The van der Waals surface area contributed by atoms with Gasteiger partial charge in [-0.3, -0.25) is 0 Å². The number of halogens is 1. The highest BCUT2D eigenvalue weighted by molar-refractivity contribution is 7.13. The van der Waals surface area contributed by atoms with Crippen molar-refractivity contribution in [2.75, 3.05) is 0 Å². The average Bonchev–Trinajstić information content (AvgIpc) is 2.49. The number of nitrogens with zero attached hydrogens (tertiary/aromatic N) is 1. The minimum Gasteiger partial charge on any atom is -0.325 e. The van der Waals surface area contributed by atoms with E-state index in [2.05, 4.69) is 4.37 Å². The van der Waals surface area contributed by atoms with E-state index < -0.39 is 0 Å². The van der Waals surface area contributed by atoms with Gasteiger partial charge in [-0.05, 0) is 23.7 Å². The van der Waals surface area contributed by atoms with Crippen molar-refractivity contribution >= 4 is 33.2 Å². The van der Waals surface area contributed by atoms with Crippen molar-refractivity contribution in [2.24, 2.45) is 5.73 Å². The van der Waals surface area contributed by atoms with E-state index >= 15 is 0 Å². The second-order valence-corrected chi connectivity index (χ2v) is 3.66. The zero-order chi connectivity index (χ0) is 8.55. The van der Waals surface area contributed by atoms with Crippen LogP contribution in [0.15, 0.2) is 18.2 Å². The first kappa shape index (κ1) is 7.98. The Morgan fingerprint density at radius 1 is 1.50 bits per heavy atom. The highest BCUT2D eigenvalue weighted by Crippen LogP contribution is 2.28. The van der Waals surface area contributed by atoms with Gasteiger partial charge in [0.2, 0.25) is 0 Å². The van der Waals surface area contributed by atoms with Crippen LogP contribution < -0.4 is 5.73 Å². The molecule has 0 saturated heterocycles. The van der Waals surface area contributed by atoms with Gasteiger partial charge in [0.05, 0.1) is 15.4 Å². The minimum absolute atomic E-state index is 0.448. The van der Waals surface area contributed by atoms with Crippen LogP contribution in [0.3, 0.4) is 0 Å². The molecule has 0 amide bonds. The Morgan fingerprint density at radius 2 is 2.33 bits per heavy atom. The summed E-state index contributed by atoms with van der Waals surface area (Å²) in [7, 11) is 0. The monoisotopic (exact) mass is 198 g/mol. The summed E-state index contributed by atoms with van der Waals surface area (Å²) in [5.74, 6) is 0. The van der Waals surface area contributed by atoms with E-state index in [1.807, 2.05) is 18.2 Å². The lowest BCUT2D eigenvalue weighted by Crippen LogP contribution is -1.96. The molecule has 0 atom stereocenters. The third-order valence-electron chi connectivity index (χ3n) is 1.71. The molecule has 2 nitrogen and oxygen atoms in total. The summed E-state index contributed by atoms with van der Waals surface area (Å²) >= 11 is 7.43. The topological polar surface area (TPSA) is 38.9 Å². The first-order chi connectivity index (χ1) is 5.83. The highest BCUT2D eigenvalue weighted by Gasteiger charge is 2.06. The Labute approximate surface area is 79.1 Å². The van der Waals surface area contributed by atoms with Gasteiger partial charge in [0.25, 0.3) is 0 Å². The molecule has 1 aromatic heterocycles. The molecule has 0 aliphatic heterocycles. The molecule has 0 spiro atoms. The van der Waals surface area contributed by atoms with E-state index in [0.29, 0.717) is 6.54 Å². The summed E-state index contributed by atoms with van der Waals surface area (Å²) < 4.78 is 5.31. The van der Waals surface area contributed by atoms with Crippen LogP contribution >= 0.6 is 23.1 Å². The first-order valence-corrected chi connectivity index (χ1v) is 4.71. The Hall–Kier alpha value is -0.640. The molecule has 0 bridgehead atoms. The van der Waals surface area contributed by atoms with Crippen molar-refractivity contribution in [3.63, 3.8) is 0 Å². The largest absolute Gasteiger partial charge is 0.325 e. The lowest BCUT2D eigenvalue weighted by Gasteiger charge is -1.94. The van der Waals surface area contributed by atoms with Crippen molar-refractivity contribution in [1.29, 1.82) is 0 Å². The van der Waals surface area contributed by atoms with Gasteiger partial charge in [0, 0.05) is 11.9 Å². The molecule has 4 heteroatoms. The van der Waals surface area contributed by atoms with Crippen LogP contribution in [0.4, 0.5) is 0 Å². The minimum atomic E-state index is 0.448. The zero-order valence-electron chi connectivity index (χ0n) is 6.25. The predicted molar refractivity (Wildman–Crippen MR) is 52.5 cm³/mol. The van der Waals surface area contributed by atoms with E-state index in [4.69, 9.17) is 17.3 Å². The quantitative estimate of drug-likeness (QED) is 0.765. The standard InChI is InChI=1S/C8H7ClN2S/c9-5-2-1-3-7-8(5)6(4-10)11-12-7/h1-3H,4,10H2. The van der Waals surface area contributed by atoms with Crippen LogP contribution in [-0.2, 0) is 6.54 Å². The van der Waals surface area contributed by atoms with Gasteiger partial charge in [-0.15, -0.1) is 0 Å². The van der Waals surface area contributed by atoms with E-state index in [9.17, 15) is 0 Å². The molecule has 0 unspecified atom stereocenters. The Balaban J connectivity index is 2.83. The number of aromatic nitrogens is 1. The summed E-state index contributed by atoms with van der Waals surface area (Å²) in [5.41, 5.74) is 6.40. The molecule has 0 aliphatic carbocycles. The fraction of sp³-hybridized carbons (Fsp3) is 0.125. The van der Waals surface area contributed by atoms with Crippen molar-refractivity contribution in [1.82, 2.24) is 4.37 Å². The third kappa shape index (κ3) is 1.10. The van der Waals surface area contributed by atoms with Crippen LogP contribution in [0, 0.1) is 0 Å². The van der Waals surface area contributed by atoms with Crippen LogP contribution in [0.2, 0.25) is 5.02 Å². The van der Waals surface area contributed by atoms with E-state index in [1.54, 1.807) is 0 Å². The number of nitrogens with two attached hydrogens (primary N) is 1. The second-order valence-electron chi connectivity index (χ2n) is 2.45. The maximum atomic E-state index is 5.99. The van der Waals surface area contributed by atoms with E-state index in [0.717, 1.165) is 20.8 Å². The fourth-order valence-electron chi connectivity index (χ4n) is 1.15. The molecule has 0 fully saturated rings. The molecule has 1 heterocycles. The van der Waals surface area contributed by atoms with Gasteiger partial charge in [0.15, 0.2) is 0 Å². The number of hydrogen-bond acceptors (Lipinski definition) is 3. The van der Waals surface area contributed by atoms with Crippen LogP contribution in [0.5, 0.6) is 0 Å². The van der Waals surface area contributed by atoms with Gasteiger partial charge in [-0.25, -0.2) is 0 Å². The molecular formula is C8H7ClN2S. The van der Waals surface area contributed by atoms with Crippen molar-refractivity contribution in [3.05, 3.63) is 28.9 Å². The normalized spacial score (nSPS) is 10.8. The van der Waals surface area contributed by atoms with E-state index in [-0.39, 0.29) is 0 Å². The number of fused-ring (bicyclic) bond motifs is 1. The van der Waals surface area contributed by atoms with Crippen LogP contribution in [-0.4, -0.2) is 4.37 Å². The molecule has 2 N–H and O–H groups in total. The van der Waals surface area contributed by atoms with Gasteiger partial charge < -0.3 is 5.73 Å². The molecule has 1 aromatic carbocycles. The SMILES string of the molecule is NCc1nsc2cccc(Cl)c12. The molecule has 62 valence electrons. The lowest BCUT2D eigenvalue weighted by atomic mass is 10.2. The lowest BCUT2D eigenvalue weighted by molar-refractivity contribution is 1.04. The third-order valence-corrected chi connectivity index (χ3v) is 2.88. The smallest absolute Gasteiger partial charge is 0.0771 e. The maximum Gasteiger partial charge on any atom is 0.0771 e. The molecule has 2 rings (SSSR count). The van der Waals surface area contributed by atoms with Gasteiger partial charge in [-0.2, -0.15) is 4.37 Å². The summed E-state index contributed by atoms with van der Waals surface area (Å²) in [6, 6.07) is 5.78. The molecule has 2 aromatic rings. The molecule has 0 saturated carbocycles. The Bertz CT molecular complexity index is 410. The number of rotatable bonds is 1. The average molecular weight is 199 g/mol. The fourth-order valence-corrected chi connectivity index (χ4v) is 2.32. The zero-order valence-corrected chi connectivity index (χ0v) is 7.82. The van der Waals surface area contributed by atoms with Crippen LogP contribution in [0.25, 0.3) is 10.1 Å². The highest BCUT2D eigenvalue weighted by atomic mass is 35.5. The molecule has 12 heavy (non-hydrogen) atoms. The van der Waals surface area contributed by atoms with Gasteiger partial charge >= 0.3 is 0 Å². The molecule has 0 radical (unpaired) electrons. The van der Waals surface area contributed by atoms with Gasteiger partial charge in [0.1, 0.15) is 0 Å². The first-order valence-electron chi connectivity index (χ1n) is 3.56. The van der Waals surface area contributed by atoms with E-state index in [1.165, 1.54) is 11.5 Å². The Morgan fingerprint density at radius 3 is 3.08 bits per heavy atom. The predicted octanol–water partition coefficient (Wildman–Crippen LogP) is 2.41.